The number of rotatable bonds is 0. The van der Waals surface area contributed by atoms with Crippen LogP contribution in [-0.2, 0) is 11.5 Å². The molecule has 0 saturated carbocycles. The smallest absolute Gasteiger partial charge is 0.219 e. The molecule has 6 heteroatoms. The largest absolute Gasteiger partial charge is 0.368 e. The molecule has 56 valence electrons. The van der Waals surface area contributed by atoms with Gasteiger partial charge in [-0.15, -0.1) is 0 Å². The maximum atomic E-state index is 8.62. The highest BCUT2D eigenvalue weighted by Gasteiger charge is 1.75. The molecule has 0 unspecified atom stereocenters. The number of anilines is 1. The molecule has 5 nitrogen and oxygen atoms in total. The standard InChI is InChI=1S/C4H5N3.H3NOS/c5-4-6-2-1-3-7-4;1-3-2/h1-3H,(H2,5,6,7);1H,3H2. The van der Waals surface area contributed by atoms with E-state index in [1.807, 2.05) is 0 Å². The van der Waals surface area contributed by atoms with Gasteiger partial charge in [-0.05, 0) is 6.07 Å². The fourth-order valence-electron chi connectivity index (χ4n) is 0.311. The topological polar surface area (TPSA) is 92.7 Å². The van der Waals surface area contributed by atoms with E-state index < -0.39 is 11.5 Å². The molecule has 0 aliphatic carbocycles. The first-order valence-corrected chi connectivity index (χ1v) is 3.28. The van der Waals surface area contributed by atoms with Crippen LogP contribution in [0.15, 0.2) is 18.5 Å². The molecule has 3 N–H and O–H groups in total. The Bertz CT molecular complexity index is 208. The summed E-state index contributed by atoms with van der Waals surface area (Å²) < 4.78 is 14.3. The first-order valence-electron chi connectivity index (χ1n) is 2.37. The van der Waals surface area contributed by atoms with E-state index in [0.717, 1.165) is 0 Å². The van der Waals surface area contributed by atoms with E-state index in [-0.39, 0.29) is 0 Å². The number of aromatic nitrogens is 2. The molecule has 0 fully saturated rings. The minimum absolute atomic E-state index is 0.322. The predicted molar refractivity (Wildman–Crippen MR) is 40.1 cm³/mol. The van der Waals surface area contributed by atoms with Crippen LogP contribution >= 0.6 is 0 Å². The minimum atomic E-state index is -0.917. The summed E-state index contributed by atoms with van der Waals surface area (Å²) in [6.07, 6.45) is 3.20. The lowest BCUT2D eigenvalue weighted by molar-refractivity contribution is 0.697. The Morgan fingerprint density at radius 2 is 1.90 bits per heavy atom. The van der Waals surface area contributed by atoms with Crippen LogP contribution in [-0.4, -0.2) is 14.2 Å². The lowest BCUT2D eigenvalue weighted by Gasteiger charge is -1.82. The second kappa shape index (κ2) is 5.96. The SMILES string of the molecule is N=[SH2]=O.Nc1ncccn1. The highest BCUT2D eigenvalue weighted by Crippen LogP contribution is 1.81. The molecule has 0 spiro atoms. The Labute approximate surface area is 61.3 Å². The zero-order chi connectivity index (χ0) is 7.82. The van der Waals surface area contributed by atoms with Crippen molar-refractivity contribution in [2.45, 2.75) is 0 Å². The van der Waals surface area contributed by atoms with E-state index >= 15 is 0 Å². The second-order valence-corrected chi connectivity index (χ2v) is 1.41. The van der Waals surface area contributed by atoms with Crippen LogP contribution in [0.25, 0.3) is 0 Å². The summed E-state index contributed by atoms with van der Waals surface area (Å²) in [6, 6.07) is 1.72. The van der Waals surface area contributed by atoms with Crippen molar-refractivity contribution in [2.75, 3.05) is 5.73 Å². The second-order valence-electron chi connectivity index (χ2n) is 1.21. The molecule has 0 aliphatic heterocycles. The van der Waals surface area contributed by atoms with Gasteiger partial charge >= 0.3 is 0 Å². The van der Waals surface area contributed by atoms with E-state index in [1.165, 1.54) is 0 Å². The van der Waals surface area contributed by atoms with Gasteiger partial charge in [-0.3, -0.25) is 8.99 Å². The zero-order valence-electron chi connectivity index (χ0n) is 5.11. The van der Waals surface area contributed by atoms with Gasteiger partial charge in [-0.2, -0.15) is 0 Å². The van der Waals surface area contributed by atoms with Gasteiger partial charge in [0.05, 0.1) is 0 Å². The van der Waals surface area contributed by atoms with Crippen LogP contribution in [0, 0.1) is 4.78 Å². The van der Waals surface area contributed by atoms with E-state index in [1.54, 1.807) is 18.5 Å². The fraction of sp³-hybridized carbons (Fsp3) is 0. The molecule has 0 aromatic carbocycles. The van der Waals surface area contributed by atoms with Crippen molar-refractivity contribution < 1.29 is 4.21 Å². The van der Waals surface area contributed by atoms with Crippen LogP contribution < -0.4 is 5.73 Å². The van der Waals surface area contributed by atoms with Crippen molar-refractivity contribution in [1.82, 2.24) is 9.97 Å². The Hall–Kier alpha value is -1.17. The normalized spacial score (nSPS) is 8.80. The Kier molecular flexibility index (Phi) is 5.26. The summed E-state index contributed by atoms with van der Waals surface area (Å²) in [5.74, 6) is 0.322. The predicted octanol–water partition coefficient (Wildman–Crippen LogP) is -0.515. The number of hydrogen-bond donors (Lipinski definition) is 2. The van der Waals surface area contributed by atoms with Crippen LogP contribution in [0.1, 0.15) is 0 Å². The maximum Gasteiger partial charge on any atom is 0.219 e. The average Bonchev–Trinajstić information content (AvgIpc) is 1.91. The summed E-state index contributed by atoms with van der Waals surface area (Å²) >= 11 is -0.917. The van der Waals surface area contributed by atoms with Crippen molar-refractivity contribution in [3.63, 3.8) is 0 Å². The third kappa shape index (κ3) is 4.98. The number of nitrogen functional groups attached to an aromatic ring is 1. The summed E-state index contributed by atoms with van der Waals surface area (Å²) in [7, 11) is 0. The fourth-order valence-corrected chi connectivity index (χ4v) is 0.311. The van der Waals surface area contributed by atoms with Gasteiger partial charge in [0.1, 0.15) is 0 Å². The lowest BCUT2D eigenvalue weighted by Crippen LogP contribution is -1.90. The summed E-state index contributed by atoms with van der Waals surface area (Å²) in [5.41, 5.74) is 5.14. The van der Waals surface area contributed by atoms with Crippen molar-refractivity contribution in [3.05, 3.63) is 18.5 Å². The van der Waals surface area contributed by atoms with E-state index in [2.05, 4.69) is 9.97 Å². The molecule has 0 atom stereocenters. The summed E-state index contributed by atoms with van der Waals surface area (Å²) in [5, 5.41) is 0. The molecule has 1 heterocycles. The molecule has 1 aromatic heterocycles. The number of nitrogens with one attached hydrogen (secondary N) is 1. The van der Waals surface area contributed by atoms with E-state index in [4.69, 9.17) is 14.7 Å². The third-order valence-electron chi connectivity index (χ3n) is 0.586. The van der Waals surface area contributed by atoms with Crippen molar-refractivity contribution in [2.24, 2.45) is 0 Å². The van der Waals surface area contributed by atoms with Gasteiger partial charge in [-0.25, -0.2) is 9.97 Å². The third-order valence-corrected chi connectivity index (χ3v) is 0.586. The Morgan fingerprint density at radius 3 is 2.10 bits per heavy atom. The van der Waals surface area contributed by atoms with Gasteiger partial charge in [0.25, 0.3) is 0 Å². The van der Waals surface area contributed by atoms with Gasteiger partial charge < -0.3 is 5.73 Å². The quantitative estimate of drug-likeness (QED) is 0.534. The molecule has 1 rings (SSSR count). The molecule has 0 saturated heterocycles. The minimum Gasteiger partial charge on any atom is -0.368 e. The van der Waals surface area contributed by atoms with Gasteiger partial charge in [0.2, 0.25) is 5.95 Å². The Morgan fingerprint density at radius 1 is 1.50 bits per heavy atom. The monoisotopic (exact) mass is 160 g/mol. The molecule has 0 radical (unpaired) electrons. The van der Waals surface area contributed by atoms with Gasteiger partial charge in [-0.1, -0.05) is 0 Å². The first kappa shape index (κ1) is 8.83. The zero-order valence-corrected chi connectivity index (χ0v) is 6.11. The molecule has 10 heavy (non-hydrogen) atoms. The highest BCUT2D eigenvalue weighted by atomic mass is 32.1. The number of hydrogen-bond acceptors (Lipinski definition) is 5. The molecular weight excluding hydrogens is 152 g/mol. The molecule has 0 bridgehead atoms. The van der Waals surface area contributed by atoms with Crippen molar-refractivity contribution in [1.29, 1.82) is 4.78 Å². The molecule has 1 aromatic rings. The van der Waals surface area contributed by atoms with Gasteiger partial charge in [0.15, 0.2) is 0 Å². The van der Waals surface area contributed by atoms with Crippen molar-refractivity contribution >= 4 is 17.4 Å². The van der Waals surface area contributed by atoms with Crippen LogP contribution in [0.3, 0.4) is 0 Å². The summed E-state index contributed by atoms with van der Waals surface area (Å²) in [4.78, 5) is 7.29. The first-order chi connectivity index (χ1) is 4.81. The Balaban J connectivity index is 0.000000236. The van der Waals surface area contributed by atoms with Crippen LogP contribution in [0.5, 0.6) is 0 Å². The highest BCUT2D eigenvalue weighted by molar-refractivity contribution is 7.53. The van der Waals surface area contributed by atoms with Crippen LogP contribution in [0.2, 0.25) is 0 Å². The number of nitrogens with two attached hydrogens (primary N) is 1. The van der Waals surface area contributed by atoms with E-state index in [0.29, 0.717) is 5.95 Å². The van der Waals surface area contributed by atoms with Crippen molar-refractivity contribution in [3.8, 4) is 0 Å². The lowest BCUT2D eigenvalue weighted by atomic mass is 10.7. The molecule has 0 amide bonds. The molecule has 0 aliphatic rings. The maximum absolute atomic E-state index is 8.62. The van der Waals surface area contributed by atoms with Crippen LogP contribution in [0.4, 0.5) is 5.95 Å². The molecular formula is C4H8N4OS. The summed E-state index contributed by atoms with van der Waals surface area (Å²) in [6.45, 7) is 0. The van der Waals surface area contributed by atoms with E-state index in [9.17, 15) is 0 Å². The average molecular weight is 160 g/mol. The number of nitrogens with zero attached hydrogens (tertiary/aromatic N) is 2. The van der Waals surface area contributed by atoms with Gasteiger partial charge in [0, 0.05) is 23.9 Å².